The normalized spacial score (nSPS) is 11.6. The first-order valence-electron chi connectivity index (χ1n) is 8.21. The van der Waals surface area contributed by atoms with E-state index in [2.05, 4.69) is 10.3 Å². The summed E-state index contributed by atoms with van der Waals surface area (Å²) in [5.74, 6) is -0.697. The molecule has 0 unspecified atom stereocenters. The SMILES string of the molecule is CCC(=O)N(Cc1ccc(F)cc1)[C@@H](C)C(=O)NCc1ccncc1. The van der Waals surface area contributed by atoms with E-state index in [1.807, 2.05) is 12.1 Å². The van der Waals surface area contributed by atoms with Crippen LogP contribution in [0.2, 0.25) is 0 Å². The first-order chi connectivity index (χ1) is 12.0. The average molecular weight is 343 g/mol. The fraction of sp³-hybridized carbons (Fsp3) is 0.316. The van der Waals surface area contributed by atoms with Crippen LogP contribution < -0.4 is 5.32 Å². The van der Waals surface area contributed by atoms with Gasteiger partial charge in [0.15, 0.2) is 0 Å². The van der Waals surface area contributed by atoms with Crippen molar-refractivity contribution in [2.45, 2.75) is 39.4 Å². The van der Waals surface area contributed by atoms with Gasteiger partial charge in [0.1, 0.15) is 11.9 Å². The van der Waals surface area contributed by atoms with Gasteiger partial charge in [-0.25, -0.2) is 4.39 Å². The molecule has 0 spiro atoms. The summed E-state index contributed by atoms with van der Waals surface area (Å²) in [5.41, 5.74) is 1.71. The molecule has 0 saturated heterocycles. The third kappa shape index (κ3) is 5.38. The van der Waals surface area contributed by atoms with E-state index >= 15 is 0 Å². The number of amides is 2. The zero-order chi connectivity index (χ0) is 18.2. The van der Waals surface area contributed by atoms with Gasteiger partial charge in [-0.2, -0.15) is 0 Å². The van der Waals surface area contributed by atoms with Gasteiger partial charge in [-0.05, 0) is 42.3 Å². The molecule has 0 radical (unpaired) electrons. The van der Waals surface area contributed by atoms with Crippen molar-refractivity contribution in [2.75, 3.05) is 0 Å². The Bertz CT molecular complexity index is 704. The fourth-order valence-corrected chi connectivity index (χ4v) is 2.41. The van der Waals surface area contributed by atoms with Crippen molar-refractivity contribution in [1.29, 1.82) is 0 Å². The van der Waals surface area contributed by atoms with E-state index in [1.54, 1.807) is 38.4 Å². The van der Waals surface area contributed by atoms with E-state index in [9.17, 15) is 14.0 Å². The molecule has 0 saturated carbocycles. The molecule has 1 N–H and O–H groups in total. The van der Waals surface area contributed by atoms with Crippen molar-refractivity contribution >= 4 is 11.8 Å². The van der Waals surface area contributed by atoms with Crippen molar-refractivity contribution in [3.63, 3.8) is 0 Å². The van der Waals surface area contributed by atoms with Crippen LogP contribution in [0, 0.1) is 5.82 Å². The second kappa shape index (κ2) is 8.92. The summed E-state index contributed by atoms with van der Waals surface area (Å²) < 4.78 is 13.0. The summed E-state index contributed by atoms with van der Waals surface area (Å²) in [4.78, 5) is 30.1. The zero-order valence-electron chi connectivity index (χ0n) is 14.4. The van der Waals surface area contributed by atoms with Crippen molar-refractivity contribution in [1.82, 2.24) is 15.2 Å². The van der Waals surface area contributed by atoms with Crippen LogP contribution in [0.1, 0.15) is 31.4 Å². The Morgan fingerprint density at radius 2 is 1.76 bits per heavy atom. The topological polar surface area (TPSA) is 62.3 Å². The van der Waals surface area contributed by atoms with Crippen molar-refractivity contribution in [3.05, 3.63) is 65.7 Å². The number of benzene rings is 1. The molecule has 1 heterocycles. The fourth-order valence-electron chi connectivity index (χ4n) is 2.41. The van der Waals surface area contributed by atoms with E-state index < -0.39 is 6.04 Å². The van der Waals surface area contributed by atoms with Crippen LogP contribution in [0.15, 0.2) is 48.8 Å². The Morgan fingerprint density at radius 3 is 2.36 bits per heavy atom. The largest absolute Gasteiger partial charge is 0.350 e. The molecular formula is C19H22FN3O2. The smallest absolute Gasteiger partial charge is 0.242 e. The van der Waals surface area contributed by atoms with Gasteiger partial charge in [-0.15, -0.1) is 0 Å². The maximum atomic E-state index is 13.0. The molecule has 2 amide bonds. The standard InChI is InChI=1S/C19H22FN3O2/c1-3-18(24)23(13-16-4-6-17(20)7-5-16)14(2)19(25)22-12-15-8-10-21-11-9-15/h4-11,14H,3,12-13H2,1-2H3,(H,22,25)/t14-/m0/s1. The quantitative estimate of drug-likeness (QED) is 0.841. The molecule has 6 heteroatoms. The van der Waals surface area contributed by atoms with Crippen LogP contribution in [-0.4, -0.2) is 27.7 Å². The number of aromatic nitrogens is 1. The van der Waals surface area contributed by atoms with Crippen molar-refractivity contribution < 1.29 is 14.0 Å². The maximum absolute atomic E-state index is 13.0. The lowest BCUT2D eigenvalue weighted by Crippen LogP contribution is -2.47. The summed E-state index contributed by atoms with van der Waals surface area (Å²) in [6.45, 7) is 4.08. The highest BCUT2D eigenvalue weighted by atomic mass is 19.1. The Labute approximate surface area is 146 Å². The minimum Gasteiger partial charge on any atom is -0.350 e. The summed E-state index contributed by atoms with van der Waals surface area (Å²) in [5, 5.41) is 2.83. The number of pyridine rings is 1. The average Bonchev–Trinajstić information content (AvgIpc) is 2.65. The number of rotatable bonds is 7. The van der Waals surface area contributed by atoms with Gasteiger partial charge >= 0.3 is 0 Å². The van der Waals surface area contributed by atoms with Gasteiger partial charge < -0.3 is 10.2 Å². The Hall–Kier alpha value is -2.76. The highest BCUT2D eigenvalue weighted by molar-refractivity contribution is 5.87. The first kappa shape index (κ1) is 18.6. The molecule has 1 atom stereocenters. The number of halogens is 1. The predicted molar refractivity (Wildman–Crippen MR) is 92.8 cm³/mol. The molecule has 1 aromatic carbocycles. The third-order valence-electron chi connectivity index (χ3n) is 3.95. The van der Waals surface area contributed by atoms with Crippen LogP contribution in [0.5, 0.6) is 0 Å². The first-order valence-corrected chi connectivity index (χ1v) is 8.21. The van der Waals surface area contributed by atoms with Crippen LogP contribution in [0.25, 0.3) is 0 Å². The number of carbonyl (C=O) groups is 2. The number of nitrogens with zero attached hydrogens (tertiary/aromatic N) is 2. The van der Waals surface area contributed by atoms with Gasteiger partial charge in [0, 0.05) is 31.9 Å². The molecule has 0 aliphatic carbocycles. The second-order valence-electron chi connectivity index (χ2n) is 5.75. The number of nitrogens with one attached hydrogen (secondary N) is 1. The monoisotopic (exact) mass is 343 g/mol. The highest BCUT2D eigenvalue weighted by Gasteiger charge is 2.24. The lowest BCUT2D eigenvalue weighted by molar-refractivity contribution is -0.140. The van der Waals surface area contributed by atoms with Crippen LogP contribution in [-0.2, 0) is 22.7 Å². The Kier molecular flexibility index (Phi) is 6.62. The summed E-state index contributed by atoms with van der Waals surface area (Å²) in [6, 6.07) is 8.94. The maximum Gasteiger partial charge on any atom is 0.242 e. The molecule has 0 aliphatic heterocycles. The molecule has 0 aliphatic rings. The lowest BCUT2D eigenvalue weighted by Gasteiger charge is -2.28. The third-order valence-corrected chi connectivity index (χ3v) is 3.95. The predicted octanol–water partition coefficient (Wildman–Crippen LogP) is 2.66. The lowest BCUT2D eigenvalue weighted by atomic mass is 10.1. The molecule has 1 aromatic heterocycles. The van der Waals surface area contributed by atoms with E-state index in [1.165, 1.54) is 17.0 Å². The molecule has 2 aromatic rings. The van der Waals surface area contributed by atoms with Crippen molar-refractivity contribution in [2.24, 2.45) is 0 Å². The van der Waals surface area contributed by atoms with Crippen molar-refractivity contribution in [3.8, 4) is 0 Å². The van der Waals surface area contributed by atoms with E-state index in [0.717, 1.165) is 11.1 Å². The summed E-state index contributed by atoms with van der Waals surface area (Å²) in [6.07, 6.45) is 3.61. The molecule has 5 nitrogen and oxygen atoms in total. The number of hydrogen-bond donors (Lipinski definition) is 1. The molecule has 0 fully saturated rings. The Morgan fingerprint density at radius 1 is 1.12 bits per heavy atom. The minimum absolute atomic E-state index is 0.129. The molecule has 25 heavy (non-hydrogen) atoms. The van der Waals surface area contributed by atoms with E-state index in [-0.39, 0.29) is 24.2 Å². The second-order valence-corrected chi connectivity index (χ2v) is 5.75. The Balaban J connectivity index is 2.03. The zero-order valence-corrected chi connectivity index (χ0v) is 14.4. The van der Waals surface area contributed by atoms with E-state index in [0.29, 0.717) is 13.0 Å². The van der Waals surface area contributed by atoms with Crippen LogP contribution >= 0.6 is 0 Å². The molecule has 0 bridgehead atoms. The molecular weight excluding hydrogens is 321 g/mol. The van der Waals surface area contributed by atoms with Gasteiger partial charge in [0.25, 0.3) is 0 Å². The van der Waals surface area contributed by atoms with Gasteiger partial charge in [-0.3, -0.25) is 14.6 Å². The molecule has 132 valence electrons. The van der Waals surface area contributed by atoms with E-state index in [4.69, 9.17) is 0 Å². The van der Waals surface area contributed by atoms with Gasteiger partial charge in [0.2, 0.25) is 11.8 Å². The van der Waals surface area contributed by atoms with Crippen LogP contribution in [0.3, 0.4) is 0 Å². The summed E-state index contributed by atoms with van der Waals surface area (Å²) >= 11 is 0. The minimum atomic E-state index is -0.626. The van der Waals surface area contributed by atoms with Crippen LogP contribution in [0.4, 0.5) is 4.39 Å². The number of carbonyl (C=O) groups excluding carboxylic acids is 2. The van der Waals surface area contributed by atoms with Gasteiger partial charge in [0.05, 0.1) is 0 Å². The molecule has 2 rings (SSSR count). The summed E-state index contributed by atoms with van der Waals surface area (Å²) in [7, 11) is 0. The highest BCUT2D eigenvalue weighted by Crippen LogP contribution is 2.12. The van der Waals surface area contributed by atoms with Gasteiger partial charge in [-0.1, -0.05) is 19.1 Å². The number of hydrogen-bond acceptors (Lipinski definition) is 3.